The van der Waals surface area contributed by atoms with Gasteiger partial charge in [-0.25, -0.2) is 9.59 Å². The summed E-state index contributed by atoms with van der Waals surface area (Å²) >= 11 is 0. The number of benzene rings is 1. The van der Waals surface area contributed by atoms with Crippen molar-refractivity contribution in [1.29, 1.82) is 0 Å². The van der Waals surface area contributed by atoms with E-state index in [1.807, 2.05) is 26.0 Å². The van der Waals surface area contributed by atoms with Gasteiger partial charge < -0.3 is 15.1 Å². The molecule has 1 atom stereocenters. The van der Waals surface area contributed by atoms with Crippen LogP contribution >= 0.6 is 0 Å². The number of nitrogens with zero attached hydrogens (tertiary/aromatic N) is 2. The van der Waals surface area contributed by atoms with Gasteiger partial charge in [0.15, 0.2) is 0 Å². The number of carbonyl (C=O) groups excluding carboxylic acids is 1. The van der Waals surface area contributed by atoms with Crippen LogP contribution in [0.4, 0.5) is 10.5 Å². The quantitative estimate of drug-likeness (QED) is 0.877. The van der Waals surface area contributed by atoms with Gasteiger partial charge in [-0.15, -0.1) is 0 Å². The van der Waals surface area contributed by atoms with Gasteiger partial charge in [0, 0.05) is 24.7 Å². The predicted octanol–water partition coefficient (Wildman–Crippen LogP) is 1.33. The molecule has 0 saturated carbocycles. The minimum atomic E-state index is -1.02. The molecule has 1 aliphatic heterocycles. The third-order valence-corrected chi connectivity index (χ3v) is 3.68. The van der Waals surface area contributed by atoms with Crippen LogP contribution in [0, 0.1) is 0 Å². The topological polar surface area (TPSA) is 81.1 Å². The van der Waals surface area contributed by atoms with Crippen LogP contribution < -0.4 is 4.90 Å². The summed E-state index contributed by atoms with van der Waals surface area (Å²) in [5.41, 5.74) is 1.49. The van der Waals surface area contributed by atoms with Crippen molar-refractivity contribution in [3.8, 4) is 0 Å². The SMILES string of the molecule is CC(C)N(CCO)C(=O)N1c2ccccc2CC1C(=O)O. The second-order valence-corrected chi connectivity index (χ2v) is 5.35. The molecule has 1 unspecified atom stereocenters. The third kappa shape index (κ3) is 2.85. The molecule has 0 spiro atoms. The molecule has 2 amide bonds. The Morgan fingerprint density at radius 1 is 1.38 bits per heavy atom. The molecule has 6 heteroatoms. The highest BCUT2D eigenvalue weighted by molar-refractivity contribution is 6.01. The van der Waals surface area contributed by atoms with Gasteiger partial charge in [-0.2, -0.15) is 0 Å². The van der Waals surface area contributed by atoms with Crippen molar-refractivity contribution >= 4 is 17.7 Å². The standard InChI is InChI=1S/C15H20N2O4/c1-10(2)16(7-8-18)15(21)17-12-6-4-3-5-11(12)9-13(17)14(19)20/h3-6,10,13,18H,7-9H2,1-2H3,(H,19,20). The average molecular weight is 292 g/mol. The van der Waals surface area contributed by atoms with Crippen molar-refractivity contribution in [2.75, 3.05) is 18.1 Å². The van der Waals surface area contributed by atoms with Gasteiger partial charge in [0.2, 0.25) is 0 Å². The molecule has 1 aromatic rings. The lowest BCUT2D eigenvalue weighted by Crippen LogP contribution is -2.52. The molecule has 21 heavy (non-hydrogen) atoms. The lowest BCUT2D eigenvalue weighted by Gasteiger charge is -2.33. The number of aliphatic hydroxyl groups excluding tert-OH is 1. The maximum atomic E-state index is 12.7. The van der Waals surface area contributed by atoms with Crippen LogP contribution in [-0.2, 0) is 11.2 Å². The molecule has 1 heterocycles. The average Bonchev–Trinajstić information content (AvgIpc) is 2.83. The highest BCUT2D eigenvalue weighted by atomic mass is 16.4. The van der Waals surface area contributed by atoms with Gasteiger partial charge in [-0.3, -0.25) is 4.90 Å². The van der Waals surface area contributed by atoms with E-state index < -0.39 is 12.0 Å². The first-order valence-electron chi connectivity index (χ1n) is 6.98. The number of anilines is 1. The molecule has 1 aromatic carbocycles. The zero-order chi connectivity index (χ0) is 15.6. The minimum Gasteiger partial charge on any atom is -0.480 e. The number of amides is 2. The molecule has 0 aromatic heterocycles. The van der Waals surface area contributed by atoms with E-state index in [0.717, 1.165) is 5.56 Å². The number of hydrogen-bond donors (Lipinski definition) is 2. The lowest BCUT2D eigenvalue weighted by molar-refractivity contribution is -0.138. The number of aliphatic carboxylic acids is 1. The summed E-state index contributed by atoms with van der Waals surface area (Å²) in [6, 6.07) is 5.82. The molecule has 2 rings (SSSR count). The van der Waals surface area contributed by atoms with Crippen molar-refractivity contribution in [2.24, 2.45) is 0 Å². The zero-order valence-corrected chi connectivity index (χ0v) is 12.2. The fourth-order valence-electron chi connectivity index (χ4n) is 2.64. The summed E-state index contributed by atoms with van der Waals surface area (Å²) in [4.78, 5) is 27.0. The minimum absolute atomic E-state index is 0.119. The molecule has 0 saturated heterocycles. The molecule has 1 aliphatic rings. The van der Waals surface area contributed by atoms with Crippen molar-refractivity contribution in [3.63, 3.8) is 0 Å². The maximum Gasteiger partial charge on any atom is 0.327 e. The Bertz CT molecular complexity index is 544. The number of hydrogen-bond acceptors (Lipinski definition) is 3. The van der Waals surface area contributed by atoms with Gasteiger partial charge in [0.1, 0.15) is 6.04 Å². The number of carboxylic acids is 1. The van der Waals surface area contributed by atoms with Crippen LogP contribution in [0.1, 0.15) is 19.4 Å². The smallest absolute Gasteiger partial charge is 0.327 e. The Morgan fingerprint density at radius 3 is 2.62 bits per heavy atom. The summed E-state index contributed by atoms with van der Waals surface area (Å²) in [5.74, 6) is -1.02. The van der Waals surface area contributed by atoms with E-state index in [9.17, 15) is 14.7 Å². The Hall–Kier alpha value is -2.08. The molecule has 6 nitrogen and oxygen atoms in total. The number of urea groups is 1. The van der Waals surface area contributed by atoms with Gasteiger partial charge in [-0.1, -0.05) is 18.2 Å². The summed E-state index contributed by atoms with van der Waals surface area (Å²) in [5, 5.41) is 18.5. The Balaban J connectivity index is 2.38. The first-order chi connectivity index (χ1) is 9.97. The number of aliphatic hydroxyl groups is 1. The van der Waals surface area contributed by atoms with E-state index in [1.165, 1.54) is 9.80 Å². The molecular weight excluding hydrogens is 272 g/mol. The number of carbonyl (C=O) groups is 2. The van der Waals surface area contributed by atoms with E-state index in [1.54, 1.807) is 12.1 Å². The van der Waals surface area contributed by atoms with E-state index in [0.29, 0.717) is 12.1 Å². The molecular formula is C15H20N2O4. The lowest BCUT2D eigenvalue weighted by atomic mass is 10.1. The van der Waals surface area contributed by atoms with Crippen molar-refractivity contribution < 1.29 is 19.8 Å². The molecule has 0 fully saturated rings. The van der Waals surface area contributed by atoms with Crippen molar-refractivity contribution in [3.05, 3.63) is 29.8 Å². The van der Waals surface area contributed by atoms with Crippen molar-refractivity contribution in [1.82, 2.24) is 4.90 Å². The predicted molar refractivity (Wildman–Crippen MR) is 78.4 cm³/mol. The van der Waals surface area contributed by atoms with E-state index >= 15 is 0 Å². The number of carboxylic acid groups (broad SMARTS) is 1. The summed E-state index contributed by atoms with van der Waals surface area (Å²) in [6.45, 7) is 3.70. The number of fused-ring (bicyclic) bond motifs is 1. The third-order valence-electron chi connectivity index (χ3n) is 3.68. The molecule has 0 aliphatic carbocycles. The Kier molecular flexibility index (Phi) is 4.47. The summed E-state index contributed by atoms with van der Waals surface area (Å²) in [6.07, 6.45) is 0.308. The van der Waals surface area contributed by atoms with E-state index in [2.05, 4.69) is 0 Å². The Labute approximate surface area is 123 Å². The molecule has 2 N–H and O–H groups in total. The second-order valence-electron chi connectivity index (χ2n) is 5.35. The molecule has 0 bridgehead atoms. The monoisotopic (exact) mass is 292 g/mol. The first-order valence-corrected chi connectivity index (χ1v) is 6.98. The van der Waals surface area contributed by atoms with Crippen LogP contribution in [0.5, 0.6) is 0 Å². The molecule has 0 radical (unpaired) electrons. The van der Waals surface area contributed by atoms with Gasteiger partial charge in [-0.05, 0) is 25.5 Å². The molecule has 114 valence electrons. The van der Waals surface area contributed by atoms with Gasteiger partial charge >= 0.3 is 12.0 Å². The van der Waals surface area contributed by atoms with E-state index in [-0.39, 0.29) is 25.2 Å². The largest absolute Gasteiger partial charge is 0.480 e. The highest BCUT2D eigenvalue weighted by Crippen LogP contribution is 2.33. The summed E-state index contributed by atoms with van der Waals surface area (Å²) in [7, 11) is 0. The number of rotatable bonds is 4. The van der Waals surface area contributed by atoms with Crippen molar-refractivity contribution in [2.45, 2.75) is 32.4 Å². The summed E-state index contributed by atoms with van der Waals surface area (Å²) < 4.78 is 0. The van der Waals surface area contributed by atoms with Crippen LogP contribution in [0.15, 0.2) is 24.3 Å². The van der Waals surface area contributed by atoms with E-state index in [4.69, 9.17) is 5.11 Å². The van der Waals surface area contributed by atoms with Gasteiger partial charge in [0.05, 0.1) is 6.61 Å². The van der Waals surface area contributed by atoms with Crippen LogP contribution in [0.25, 0.3) is 0 Å². The fraction of sp³-hybridized carbons (Fsp3) is 0.467. The van der Waals surface area contributed by atoms with Crippen LogP contribution in [0.2, 0.25) is 0 Å². The number of para-hydroxylation sites is 1. The normalized spacial score (nSPS) is 17.0. The van der Waals surface area contributed by atoms with Crippen LogP contribution in [0.3, 0.4) is 0 Å². The fourth-order valence-corrected chi connectivity index (χ4v) is 2.64. The van der Waals surface area contributed by atoms with Gasteiger partial charge in [0.25, 0.3) is 0 Å². The zero-order valence-electron chi connectivity index (χ0n) is 12.2. The second kappa shape index (κ2) is 6.13. The maximum absolute atomic E-state index is 12.7. The highest BCUT2D eigenvalue weighted by Gasteiger charge is 2.40. The van der Waals surface area contributed by atoms with Crippen LogP contribution in [-0.4, -0.2) is 52.3 Å². The Morgan fingerprint density at radius 2 is 2.05 bits per heavy atom. The first kappa shape index (κ1) is 15.3.